The number of rotatable bonds is 5. The second-order valence-corrected chi connectivity index (χ2v) is 6.48. The van der Waals surface area contributed by atoms with E-state index in [9.17, 15) is 9.59 Å². The van der Waals surface area contributed by atoms with Crippen LogP contribution < -0.4 is 5.32 Å². The van der Waals surface area contributed by atoms with Gasteiger partial charge in [-0.05, 0) is 36.7 Å². The molecular formula is C21H20N4O2. The third-order valence-electron chi connectivity index (χ3n) is 4.98. The van der Waals surface area contributed by atoms with Crippen molar-refractivity contribution in [2.45, 2.75) is 13.8 Å². The normalized spacial score (nSPS) is 12.3. The fourth-order valence-electron chi connectivity index (χ4n) is 3.55. The van der Waals surface area contributed by atoms with Gasteiger partial charge in [-0.15, -0.1) is 0 Å². The average molecular weight is 360 g/mol. The topological polar surface area (TPSA) is 75.2 Å². The maximum Gasteiger partial charge on any atom is 0.238 e. The van der Waals surface area contributed by atoms with Gasteiger partial charge in [0.15, 0.2) is 0 Å². The first kappa shape index (κ1) is 17.3. The van der Waals surface area contributed by atoms with Crippen molar-refractivity contribution in [3.63, 3.8) is 0 Å². The first-order valence-corrected chi connectivity index (χ1v) is 9.08. The van der Waals surface area contributed by atoms with Crippen LogP contribution in [-0.4, -0.2) is 46.2 Å². The summed E-state index contributed by atoms with van der Waals surface area (Å²) in [4.78, 5) is 36.5. The molecular weight excluding hydrogens is 340 g/mol. The van der Waals surface area contributed by atoms with E-state index < -0.39 is 0 Å². The van der Waals surface area contributed by atoms with Gasteiger partial charge in [0.05, 0.1) is 23.5 Å². The number of anilines is 1. The Hall–Kier alpha value is -3.12. The van der Waals surface area contributed by atoms with Gasteiger partial charge in [0, 0.05) is 23.3 Å². The number of carbonyl (C=O) groups excluding carboxylic acids is 2. The van der Waals surface area contributed by atoms with Crippen molar-refractivity contribution < 1.29 is 9.59 Å². The summed E-state index contributed by atoms with van der Waals surface area (Å²) in [5.74, 6) is -0.326. The van der Waals surface area contributed by atoms with Gasteiger partial charge in [0.2, 0.25) is 11.7 Å². The molecule has 2 heterocycles. The van der Waals surface area contributed by atoms with E-state index in [-0.39, 0.29) is 18.2 Å². The molecule has 2 aromatic heterocycles. The van der Waals surface area contributed by atoms with Crippen LogP contribution >= 0.6 is 0 Å². The van der Waals surface area contributed by atoms with Crippen LogP contribution in [0.15, 0.2) is 42.7 Å². The third kappa shape index (κ3) is 2.88. The van der Waals surface area contributed by atoms with Gasteiger partial charge in [-0.25, -0.2) is 0 Å². The van der Waals surface area contributed by atoms with E-state index >= 15 is 0 Å². The predicted molar refractivity (Wildman–Crippen MR) is 105 cm³/mol. The molecule has 6 heteroatoms. The van der Waals surface area contributed by atoms with Gasteiger partial charge in [0.1, 0.15) is 5.69 Å². The molecule has 0 aliphatic heterocycles. The lowest BCUT2D eigenvalue weighted by Gasteiger charge is -2.22. The molecule has 0 saturated heterocycles. The standard InChI is InChI=1S/C21H20N4O2/c1-3-25(4-2)12-16(26)24-15-7-5-6-14-18(15)21(27)20-17-13(9-11-23-20)8-10-22-19(14)17/h5-11H,3-4,12H2,1-2H3,(H,24,26). The van der Waals surface area contributed by atoms with E-state index in [1.165, 1.54) is 0 Å². The highest BCUT2D eigenvalue weighted by molar-refractivity contribution is 6.26. The quantitative estimate of drug-likeness (QED) is 0.592. The summed E-state index contributed by atoms with van der Waals surface area (Å²) in [5.41, 5.74) is 2.80. The summed E-state index contributed by atoms with van der Waals surface area (Å²) in [6.07, 6.45) is 3.36. The molecule has 0 radical (unpaired) electrons. The molecule has 27 heavy (non-hydrogen) atoms. The van der Waals surface area contributed by atoms with Crippen LogP contribution in [0.2, 0.25) is 0 Å². The number of carbonyl (C=O) groups is 2. The first-order valence-electron chi connectivity index (χ1n) is 9.08. The van der Waals surface area contributed by atoms with E-state index in [0.29, 0.717) is 16.9 Å². The molecule has 0 spiro atoms. The molecule has 6 nitrogen and oxygen atoms in total. The molecule has 136 valence electrons. The molecule has 1 aliphatic rings. The van der Waals surface area contributed by atoms with Crippen molar-refractivity contribution in [2.75, 3.05) is 25.0 Å². The summed E-state index contributed by atoms with van der Waals surface area (Å²) in [6.45, 7) is 5.89. The molecule has 3 aromatic rings. The highest BCUT2D eigenvalue weighted by atomic mass is 16.2. The van der Waals surface area contributed by atoms with Gasteiger partial charge < -0.3 is 5.32 Å². The number of fused-ring (bicyclic) bond motifs is 2. The highest BCUT2D eigenvalue weighted by Gasteiger charge is 2.30. The Kier molecular flexibility index (Phi) is 4.41. The van der Waals surface area contributed by atoms with Crippen molar-refractivity contribution >= 4 is 28.2 Å². The molecule has 1 N–H and O–H groups in total. The number of aromatic nitrogens is 2. The zero-order valence-electron chi connectivity index (χ0n) is 15.3. The van der Waals surface area contributed by atoms with Gasteiger partial charge in [0.25, 0.3) is 0 Å². The molecule has 1 amide bonds. The van der Waals surface area contributed by atoms with Gasteiger partial charge in [-0.3, -0.25) is 24.5 Å². The largest absolute Gasteiger partial charge is 0.324 e. The zero-order chi connectivity index (χ0) is 19.0. The molecule has 0 bridgehead atoms. The number of benzene rings is 1. The van der Waals surface area contributed by atoms with E-state index in [4.69, 9.17) is 0 Å². The minimum absolute atomic E-state index is 0.141. The van der Waals surface area contributed by atoms with Crippen LogP contribution in [0, 0.1) is 0 Å². The van der Waals surface area contributed by atoms with E-state index in [1.807, 2.05) is 43.0 Å². The maximum absolute atomic E-state index is 13.2. The van der Waals surface area contributed by atoms with Gasteiger partial charge in [-0.1, -0.05) is 26.0 Å². The van der Waals surface area contributed by atoms with E-state index in [0.717, 1.165) is 35.1 Å². The van der Waals surface area contributed by atoms with Crippen molar-refractivity contribution in [2.24, 2.45) is 0 Å². The number of pyridine rings is 2. The number of likely N-dealkylation sites (N-methyl/N-ethyl adjacent to an activating group) is 1. The summed E-state index contributed by atoms with van der Waals surface area (Å²) < 4.78 is 0. The van der Waals surface area contributed by atoms with Crippen LogP contribution in [0.25, 0.3) is 22.0 Å². The number of hydrogen-bond donors (Lipinski definition) is 1. The Labute approximate surface area is 157 Å². The lowest BCUT2D eigenvalue weighted by molar-refractivity contribution is -0.117. The summed E-state index contributed by atoms with van der Waals surface area (Å²) >= 11 is 0. The Bertz CT molecular complexity index is 1050. The van der Waals surface area contributed by atoms with Crippen LogP contribution in [0.1, 0.15) is 29.9 Å². The number of nitrogens with one attached hydrogen (secondary N) is 1. The summed E-state index contributed by atoms with van der Waals surface area (Å²) in [7, 11) is 0. The van der Waals surface area contributed by atoms with Crippen molar-refractivity contribution in [1.29, 1.82) is 0 Å². The Balaban J connectivity index is 1.79. The fraction of sp³-hybridized carbons (Fsp3) is 0.238. The second kappa shape index (κ2) is 6.89. The number of amides is 1. The van der Waals surface area contributed by atoms with Crippen molar-refractivity contribution in [3.05, 3.63) is 54.0 Å². The van der Waals surface area contributed by atoms with Crippen LogP contribution in [0.5, 0.6) is 0 Å². The lowest BCUT2D eigenvalue weighted by atomic mass is 9.87. The number of hydrogen-bond acceptors (Lipinski definition) is 5. The van der Waals surface area contributed by atoms with Gasteiger partial charge in [-0.2, -0.15) is 0 Å². The molecule has 0 fully saturated rings. The lowest BCUT2D eigenvalue weighted by Crippen LogP contribution is -2.33. The molecule has 0 saturated carbocycles. The van der Waals surface area contributed by atoms with Crippen LogP contribution in [0.3, 0.4) is 0 Å². The van der Waals surface area contributed by atoms with E-state index in [2.05, 4.69) is 15.3 Å². The zero-order valence-corrected chi connectivity index (χ0v) is 15.3. The molecule has 0 atom stereocenters. The molecule has 0 unspecified atom stereocenters. The molecule has 1 aromatic carbocycles. The monoisotopic (exact) mass is 360 g/mol. The average Bonchev–Trinajstić information content (AvgIpc) is 2.70. The Morgan fingerprint density at radius 2 is 1.74 bits per heavy atom. The first-order chi connectivity index (χ1) is 13.1. The SMILES string of the molecule is CCN(CC)CC(=O)Nc1cccc2c1C(=O)c1nccc3ccnc-2c13. The molecule has 1 aliphatic carbocycles. The Morgan fingerprint density at radius 3 is 2.44 bits per heavy atom. The van der Waals surface area contributed by atoms with Crippen molar-refractivity contribution in [3.8, 4) is 11.3 Å². The fourth-order valence-corrected chi connectivity index (χ4v) is 3.55. The summed E-state index contributed by atoms with van der Waals surface area (Å²) in [5, 5.41) is 4.60. The smallest absolute Gasteiger partial charge is 0.238 e. The minimum atomic E-state index is -0.185. The number of ketones is 1. The Morgan fingerprint density at radius 1 is 1.04 bits per heavy atom. The van der Waals surface area contributed by atoms with E-state index in [1.54, 1.807) is 18.5 Å². The van der Waals surface area contributed by atoms with Crippen molar-refractivity contribution in [1.82, 2.24) is 14.9 Å². The highest BCUT2D eigenvalue weighted by Crippen LogP contribution is 2.39. The maximum atomic E-state index is 13.2. The number of nitrogens with zero attached hydrogens (tertiary/aromatic N) is 3. The van der Waals surface area contributed by atoms with Gasteiger partial charge >= 0.3 is 0 Å². The van der Waals surface area contributed by atoms with Crippen LogP contribution in [-0.2, 0) is 4.79 Å². The molecule has 4 rings (SSSR count). The minimum Gasteiger partial charge on any atom is -0.324 e. The predicted octanol–water partition coefficient (Wildman–Crippen LogP) is 3.12. The third-order valence-corrected chi connectivity index (χ3v) is 4.98. The van der Waals surface area contributed by atoms with Crippen LogP contribution in [0.4, 0.5) is 5.69 Å². The summed E-state index contributed by atoms with van der Waals surface area (Å²) in [6, 6.07) is 9.20. The second-order valence-electron chi connectivity index (χ2n) is 6.48.